The van der Waals surface area contributed by atoms with Gasteiger partial charge in [0, 0.05) is 0 Å². The Hall–Kier alpha value is -1.35. The summed E-state index contributed by atoms with van der Waals surface area (Å²) in [6.45, 7) is 7.81. The summed E-state index contributed by atoms with van der Waals surface area (Å²) in [4.78, 5) is 11.5. The quantitative estimate of drug-likeness (QED) is 0.829. The zero-order chi connectivity index (χ0) is 16.9. The number of carboxylic acids is 1. The molecular weight excluding hydrogens is 286 g/mol. The Kier molecular flexibility index (Phi) is 6.23. The summed E-state index contributed by atoms with van der Waals surface area (Å²) >= 11 is 0. The molecule has 0 saturated heterocycles. The summed E-state index contributed by atoms with van der Waals surface area (Å²) in [5.74, 6) is 0.668. The molecule has 1 aliphatic rings. The minimum atomic E-state index is -0.753. The van der Waals surface area contributed by atoms with Crippen LogP contribution >= 0.6 is 0 Å². The predicted molar refractivity (Wildman–Crippen MR) is 94.5 cm³/mol. The van der Waals surface area contributed by atoms with E-state index in [-0.39, 0.29) is 0 Å². The highest BCUT2D eigenvalue weighted by Crippen LogP contribution is 2.39. The van der Waals surface area contributed by atoms with Gasteiger partial charge in [-0.15, -0.1) is 0 Å². The second-order valence-electron chi connectivity index (χ2n) is 8.07. The van der Waals surface area contributed by atoms with Gasteiger partial charge in [0.2, 0.25) is 0 Å². The molecule has 2 rings (SSSR count). The molecule has 23 heavy (non-hydrogen) atoms. The summed E-state index contributed by atoms with van der Waals surface area (Å²) < 4.78 is 0. The van der Waals surface area contributed by atoms with Gasteiger partial charge < -0.3 is 10.4 Å². The Morgan fingerprint density at radius 1 is 1.17 bits per heavy atom. The molecule has 0 radical (unpaired) electrons. The fourth-order valence-corrected chi connectivity index (χ4v) is 3.64. The molecule has 0 aromatic heterocycles. The van der Waals surface area contributed by atoms with Crippen LogP contribution in [0.3, 0.4) is 0 Å². The van der Waals surface area contributed by atoms with E-state index in [0.717, 1.165) is 18.0 Å². The molecule has 1 aromatic rings. The lowest BCUT2D eigenvalue weighted by Gasteiger charge is -2.37. The van der Waals surface area contributed by atoms with E-state index in [9.17, 15) is 9.90 Å². The van der Waals surface area contributed by atoms with Crippen LogP contribution < -0.4 is 5.32 Å². The van der Waals surface area contributed by atoms with Crippen molar-refractivity contribution in [2.45, 2.75) is 58.9 Å². The fraction of sp³-hybridized carbons (Fsp3) is 0.650. The number of hydrogen-bond acceptors (Lipinski definition) is 2. The van der Waals surface area contributed by atoms with Crippen molar-refractivity contribution in [2.75, 3.05) is 6.54 Å². The van der Waals surface area contributed by atoms with E-state index in [1.165, 1.54) is 25.7 Å². The van der Waals surface area contributed by atoms with Crippen molar-refractivity contribution in [2.24, 2.45) is 17.3 Å². The zero-order valence-corrected chi connectivity index (χ0v) is 14.7. The third-order valence-corrected chi connectivity index (χ3v) is 5.31. The van der Waals surface area contributed by atoms with Gasteiger partial charge >= 0.3 is 5.97 Å². The summed E-state index contributed by atoms with van der Waals surface area (Å²) in [6.07, 6.45) is 5.52. The molecule has 1 saturated carbocycles. The van der Waals surface area contributed by atoms with Crippen molar-refractivity contribution < 1.29 is 9.90 Å². The first-order valence-electron chi connectivity index (χ1n) is 8.86. The Morgan fingerprint density at radius 2 is 1.78 bits per heavy atom. The molecule has 1 aliphatic carbocycles. The van der Waals surface area contributed by atoms with E-state index in [4.69, 9.17) is 0 Å². The summed E-state index contributed by atoms with van der Waals surface area (Å²) in [5, 5.41) is 12.7. The topological polar surface area (TPSA) is 49.3 Å². The van der Waals surface area contributed by atoms with Crippen LogP contribution in [-0.2, 0) is 11.2 Å². The first-order valence-corrected chi connectivity index (χ1v) is 8.86. The lowest BCUT2D eigenvalue weighted by molar-refractivity contribution is -0.139. The third-order valence-electron chi connectivity index (χ3n) is 5.31. The SMILES string of the molecule is CC(C)(C)C1CCC(CN[C@@H](Cc2ccccc2)C(=O)O)CC1. The number of carboxylic acid groups (broad SMARTS) is 1. The van der Waals surface area contributed by atoms with Gasteiger partial charge in [-0.3, -0.25) is 4.79 Å². The Bertz CT molecular complexity index is 484. The van der Waals surface area contributed by atoms with Crippen LogP contribution in [0.4, 0.5) is 0 Å². The van der Waals surface area contributed by atoms with Crippen molar-refractivity contribution in [3.05, 3.63) is 35.9 Å². The number of hydrogen-bond donors (Lipinski definition) is 2. The van der Waals surface area contributed by atoms with Crippen LogP contribution in [-0.4, -0.2) is 23.7 Å². The van der Waals surface area contributed by atoms with Crippen LogP contribution in [0.2, 0.25) is 0 Å². The average molecular weight is 317 g/mol. The van der Waals surface area contributed by atoms with Crippen LogP contribution in [0, 0.1) is 17.3 Å². The Balaban J connectivity index is 1.80. The predicted octanol–water partition coefficient (Wildman–Crippen LogP) is 4.12. The molecule has 1 aromatic carbocycles. The number of benzene rings is 1. The monoisotopic (exact) mass is 317 g/mol. The largest absolute Gasteiger partial charge is 0.480 e. The van der Waals surface area contributed by atoms with Gasteiger partial charge in [0.15, 0.2) is 0 Å². The lowest BCUT2D eigenvalue weighted by Crippen LogP contribution is -2.42. The fourth-order valence-electron chi connectivity index (χ4n) is 3.64. The zero-order valence-electron chi connectivity index (χ0n) is 14.7. The second-order valence-corrected chi connectivity index (χ2v) is 8.07. The van der Waals surface area contributed by atoms with E-state index < -0.39 is 12.0 Å². The molecule has 1 fully saturated rings. The highest BCUT2D eigenvalue weighted by atomic mass is 16.4. The van der Waals surface area contributed by atoms with E-state index in [2.05, 4.69) is 26.1 Å². The van der Waals surface area contributed by atoms with Crippen molar-refractivity contribution in [1.82, 2.24) is 5.32 Å². The van der Waals surface area contributed by atoms with E-state index >= 15 is 0 Å². The van der Waals surface area contributed by atoms with Gasteiger partial charge in [-0.25, -0.2) is 0 Å². The van der Waals surface area contributed by atoms with Gasteiger partial charge in [-0.05, 0) is 61.5 Å². The van der Waals surface area contributed by atoms with Crippen LogP contribution in [0.25, 0.3) is 0 Å². The van der Waals surface area contributed by atoms with Gasteiger partial charge in [0.05, 0.1) is 0 Å². The molecule has 0 amide bonds. The number of rotatable bonds is 6. The average Bonchev–Trinajstić information content (AvgIpc) is 2.51. The highest BCUT2D eigenvalue weighted by molar-refractivity contribution is 5.73. The maximum absolute atomic E-state index is 11.5. The summed E-state index contributed by atoms with van der Waals surface area (Å²) in [6, 6.07) is 9.38. The Morgan fingerprint density at radius 3 is 2.30 bits per heavy atom. The van der Waals surface area contributed by atoms with Gasteiger partial charge in [0.25, 0.3) is 0 Å². The minimum absolute atomic E-state index is 0.398. The highest BCUT2D eigenvalue weighted by Gasteiger charge is 2.30. The van der Waals surface area contributed by atoms with E-state index in [1.807, 2.05) is 30.3 Å². The van der Waals surface area contributed by atoms with Crippen LogP contribution in [0.1, 0.15) is 52.0 Å². The van der Waals surface area contributed by atoms with Gasteiger partial charge in [0.1, 0.15) is 6.04 Å². The van der Waals surface area contributed by atoms with E-state index in [1.54, 1.807) is 0 Å². The molecule has 0 spiro atoms. The normalized spacial score (nSPS) is 23.4. The standard InChI is InChI=1S/C20H31NO2/c1-20(2,3)17-11-9-16(10-12-17)14-21-18(19(22)23)13-15-7-5-4-6-8-15/h4-8,16-18,21H,9-14H2,1-3H3,(H,22,23)/t16?,17?,18-/m0/s1. The number of nitrogens with one attached hydrogen (secondary N) is 1. The molecule has 0 unspecified atom stereocenters. The molecule has 3 heteroatoms. The molecule has 0 bridgehead atoms. The van der Waals surface area contributed by atoms with Gasteiger partial charge in [-0.2, -0.15) is 0 Å². The molecule has 128 valence electrons. The minimum Gasteiger partial charge on any atom is -0.480 e. The number of carbonyl (C=O) groups is 1. The smallest absolute Gasteiger partial charge is 0.321 e. The maximum atomic E-state index is 11.5. The summed E-state index contributed by atoms with van der Waals surface area (Å²) in [5.41, 5.74) is 1.47. The molecular formula is C20H31NO2. The molecule has 3 nitrogen and oxygen atoms in total. The first kappa shape index (κ1) is 18.0. The van der Waals surface area contributed by atoms with Crippen molar-refractivity contribution in [1.29, 1.82) is 0 Å². The van der Waals surface area contributed by atoms with Crippen molar-refractivity contribution in [3.8, 4) is 0 Å². The van der Waals surface area contributed by atoms with Crippen LogP contribution in [0.5, 0.6) is 0 Å². The van der Waals surface area contributed by atoms with Crippen molar-refractivity contribution >= 4 is 5.97 Å². The first-order chi connectivity index (χ1) is 10.9. The van der Waals surface area contributed by atoms with E-state index in [0.29, 0.717) is 17.8 Å². The molecule has 0 heterocycles. The second kappa shape index (κ2) is 7.96. The van der Waals surface area contributed by atoms with Crippen LogP contribution in [0.15, 0.2) is 30.3 Å². The van der Waals surface area contributed by atoms with Crippen molar-refractivity contribution in [3.63, 3.8) is 0 Å². The summed E-state index contributed by atoms with van der Waals surface area (Å²) in [7, 11) is 0. The number of aliphatic carboxylic acids is 1. The molecule has 0 aliphatic heterocycles. The lowest BCUT2D eigenvalue weighted by atomic mass is 9.70. The Labute approximate surface area is 140 Å². The maximum Gasteiger partial charge on any atom is 0.321 e. The molecule has 2 N–H and O–H groups in total. The molecule has 1 atom stereocenters. The third kappa shape index (κ3) is 5.65. The van der Waals surface area contributed by atoms with Gasteiger partial charge in [-0.1, -0.05) is 51.1 Å².